The van der Waals surface area contributed by atoms with Gasteiger partial charge in [-0.15, -0.1) is 0 Å². The van der Waals surface area contributed by atoms with Crippen LogP contribution in [0.3, 0.4) is 0 Å². The second-order valence-electron chi connectivity index (χ2n) is 6.14. The lowest BCUT2D eigenvalue weighted by molar-refractivity contribution is -0.116. The first-order valence-corrected chi connectivity index (χ1v) is 9.36. The highest BCUT2D eigenvalue weighted by Crippen LogP contribution is 2.19. The van der Waals surface area contributed by atoms with E-state index in [-0.39, 0.29) is 5.91 Å². The molecular weight excluding hydrogens is 284 g/mol. The standard InChI is InChI=1S/C20H34N2O/c1-4-7-8-9-10-11-12-16-20(23)21-18-14-13-15-19(17-18)22(5-2)6-3/h13-15,17H,4-12,16H2,1-3H3,(H,21,23). The second-order valence-corrected chi connectivity index (χ2v) is 6.14. The molecule has 0 unspecified atom stereocenters. The predicted octanol–water partition coefficient (Wildman–Crippen LogP) is 5.61. The molecule has 0 atom stereocenters. The van der Waals surface area contributed by atoms with E-state index in [9.17, 15) is 4.79 Å². The molecule has 0 spiro atoms. The van der Waals surface area contributed by atoms with E-state index in [4.69, 9.17) is 0 Å². The third-order valence-electron chi connectivity index (χ3n) is 4.27. The Morgan fingerprint density at radius 3 is 2.26 bits per heavy atom. The summed E-state index contributed by atoms with van der Waals surface area (Å²) in [5, 5.41) is 3.03. The molecule has 0 aromatic heterocycles. The number of hydrogen-bond donors (Lipinski definition) is 1. The van der Waals surface area contributed by atoms with E-state index in [1.807, 2.05) is 12.1 Å². The van der Waals surface area contributed by atoms with Gasteiger partial charge in [-0.2, -0.15) is 0 Å². The van der Waals surface area contributed by atoms with Crippen LogP contribution in [0.15, 0.2) is 24.3 Å². The average Bonchev–Trinajstić information content (AvgIpc) is 2.55. The SMILES string of the molecule is CCCCCCCCCC(=O)Nc1cccc(N(CC)CC)c1. The maximum atomic E-state index is 12.0. The van der Waals surface area contributed by atoms with Crippen LogP contribution in [0.4, 0.5) is 11.4 Å². The maximum absolute atomic E-state index is 12.0. The van der Waals surface area contributed by atoms with E-state index in [1.165, 1.54) is 37.8 Å². The van der Waals surface area contributed by atoms with Gasteiger partial charge in [0.25, 0.3) is 0 Å². The molecule has 0 radical (unpaired) electrons. The van der Waals surface area contributed by atoms with Crippen molar-refractivity contribution in [3.8, 4) is 0 Å². The first kappa shape index (κ1) is 19.5. The van der Waals surface area contributed by atoms with Crippen molar-refractivity contribution in [1.29, 1.82) is 0 Å². The molecule has 0 aliphatic carbocycles. The van der Waals surface area contributed by atoms with E-state index in [1.54, 1.807) is 0 Å². The predicted molar refractivity (Wildman–Crippen MR) is 101 cm³/mol. The van der Waals surface area contributed by atoms with Crippen molar-refractivity contribution in [1.82, 2.24) is 0 Å². The topological polar surface area (TPSA) is 32.3 Å². The first-order valence-electron chi connectivity index (χ1n) is 9.36. The number of amides is 1. The summed E-state index contributed by atoms with van der Waals surface area (Å²) < 4.78 is 0. The number of unbranched alkanes of at least 4 members (excludes halogenated alkanes) is 6. The fourth-order valence-corrected chi connectivity index (χ4v) is 2.84. The van der Waals surface area contributed by atoms with Crippen LogP contribution in [0.5, 0.6) is 0 Å². The molecule has 1 rings (SSSR count). The van der Waals surface area contributed by atoms with Gasteiger partial charge in [-0.3, -0.25) is 4.79 Å². The Hall–Kier alpha value is -1.51. The monoisotopic (exact) mass is 318 g/mol. The normalized spacial score (nSPS) is 10.6. The number of nitrogens with one attached hydrogen (secondary N) is 1. The first-order chi connectivity index (χ1) is 11.2. The molecule has 0 fully saturated rings. The van der Waals surface area contributed by atoms with Crippen LogP contribution in [-0.4, -0.2) is 19.0 Å². The summed E-state index contributed by atoms with van der Waals surface area (Å²) in [7, 11) is 0. The fourth-order valence-electron chi connectivity index (χ4n) is 2.84. The van der Waals surface area contributed by atoms with E-state index < -0.39 is 0 Å². The molecular formula is C20H34N2O. The van der Waals surface area contributed by atoms with E-state index in [0.29, 0.717) is 6.42 Å². The highest BCUT2D eigenvalue weighted by atomic mass is 16.1. The van der Waals surface area contributed by atoms with Gasteiger partial charge in [0.15, 0.2) is 0 Å². The summed E-state index contributed by atoms with van der Waals surface area (Å²) in [6.45, 7) is 8.49. The molecule has 3 nitrogen and oxygen atoms in total. The van der Waals surface area contributed by atoms with Crippen molar-refractivity contribution in [2.75, 3.05) is 23.3 Å². The zero-order valence-corrected chi connectivity index (χ0v) is 15.2. The van der Waals surface area contributed by atoms with Crippen molar-refractivity contribution in [3.05, 3.63) is 24.3 Å². The third-order valence-corrected chi connectivity index (χ3v) is 4.27. The van der Waals surface area contributed by atoms with Crippen LogP contribution in [0.2, 0.25) is 0 Å². The molecule has 0 aliphatic rings. The Morgan fingerprint density at radius 2 is 1.61 bits per heavy atom. The quantitative estimate of drug-likeness (QED) is 0.508. The van der Waals surface area contributed by atoms with Crippen molar-refractivity contribution < 1.29 is 4.79 Å². The lowest BCUT2D eigenvalue weighted by Gasteiger charge is -2.21. The zero-order valence-electron chi connectivity index (χ0n) is 15.2. The van der Waals surface area contributed by atoms with Crippen LogP contribution in [0.1, 0.15) is 72.1 Å². The molecule has 0 saturated carbocycles. The lowest BCUT2D eigenvalue weighted by Crippen LogP contribution is -2.22. The molecule has 3 heteroatoms. The Bertz CT molecular complexity index is 441. The van der Waals surface area contributed by atoms with Crippen molar-refractivity contribution in [2.24, 2.45) is 0 Å². The number of anilines is 2. The lowest BCUT2D eigenvalue weighted by atomic mass is 10.1. The van der Waals surface area contributed by atoms with Gasteiger partial charge >= 0.3 is 0 Å². The molecule has 1 aromatic carbocycles. The molecule has 1 aromatic rings. The van der Waals surface area contributed by atoms with Gasteiger partial charge in [0.1, 0.15) is 0 Å². The Kier molecular flexibility index (Phi) is 10.2. The minimum absolute atomic E-state index is 0.134. The van der Waals surface area contributed by atoms with Gasteiger partial charge < -0.3 is 10.2 Å². The number of rotatable bonds is 12. The molecule has 1 N–H and O–H groups in total. The highest BCUT2D eigenvalue weighted by molar-refractivity contribution is 5.91. The van der Waals surface area contributed by atoms with Gasteiger partial charge in [-0.05, 0) is 38.5 Å². The summed E-state index contributed by atoms with van der Waals surface area (Å²) in [4.78, 5) is 14.3. The number of carbonyl (C=O) groups is 1. The van der Waals surface area contributed by atoms with Gasteiger partial charge in [0, 0.05) is 30.9 Å². The summed E-state index contributed by atoms with van der Waals surface area (Å²) in [6.07, 6.45) is 9.30. The van der Waals surface area contributed by atoms with Crippen LogP contribution in [0, 0.1) is 0 Å². The minimum atomic E-state index is 0.134. The summed E-state index contributed by atoms with van der Waals surface area (Å²) in [5.41, 5.74) is 2.08. The number of carbonyl (C=O) groups excluding carboxylic acids is 1. The van der Waals surface area contributed by atoms with Gasteiger partial charge in [0.05, 0.1) is 0 Å². The summed E-state index contributed by atoms with van der Waals surface area (Å²) in [5.74, 6) is 0.134. The molecule has 1 amide bonds. The second kappa shape index (κ2) is 12.0. The van der Waals surface area contributed by atoms with Crippen molar-refractivity contribution >= 4 is 17.3 Å². The molecule has 23 heavy (non-hydrogen) atoms. The van der Waals surface area contributed by atoms with Crippen LogP contribution >= 0.6 is 0 Å². The molecule has 0 heterocycles. The van der Waals surface area contributed by atoms with E-state index >= 15 is 0 Å². The summed E-state index contributed by atoms with van der Waals surface area (Å²) in [6, 6.07) is 8.14. The molecule has 0 aliphatic heterocycles. The van der Waals surface area contributed by atoms with Crippen LogP contribution < -0.4 is 10.2 Å². The number of benzene rings is 1. The van der Waals surface area contributed by atoms with Gasteiger partial charge in [-0.25, -0.2) is 0 Å². The number of hydrogen-bond acceptors (Lipinski definition) is 2. The molecule has 0 bridgehead atoms. The minimum Gasteiger partial charge on any atom is -0.372 e. The van der Waals surface area contributed by atoms with Crippen molar-refractivity contribution in [2.45, 2.75) is 72.1 Å². The van der Waals surface area contributed by atoms with Crippen molar-refractivity contribution in [3.63, 3.8) is 0 Å². The van der Waals surface area contributed by atoms with E-state index in [0.717, 1.165) is 31.6 Å². The van der Waals surface area contributed by atoms with Crippen LogP contribution in [-0.2, 0) is 4.79 Å². The summed E-state index contributed by atoms with van der Waals surface area (Å²) >= 11 is 0. The highest BCUT2D eigenvalue weighted by Gasteiger charge is 2.05. The maximum Gasteiger partial charge on any atom is 0.224 e. The molecule has 0 saturated heterocycles. The van der Waals surface area contributed by atoms with E-state index in [2.05, 4.69) is 43.1 Å². The zero-order chi connectivity index (χ0) is 16.9. The smallest absolute Gasteiger partial charge is 0.224 e. The largest absolute Gasteiger partial charge is 0.372 e. The fraction of sp³-hybridized carbons (Fsp3) is 0.650. The van der Waals surface area contributed by atoms with Gasteiger partial charge in [-0.1, -0.05) is 51.5 Å². The van der Waals surface area contributed by atoms with Crippen LogP contribution in [0.25, 0.3) is 0 Å². The average molecular weight is 319 g/mol. The Labute approximate surface area is 142 Å². The number of nitrogens with zero attached hydrogens (tertiary/aromatic N) is 1. The molecule has 130 valence electrons. The Morgan fingerprint density at radius 1 is 0.957 bits per heavy atom. The third kappa shape index (κ3) is 8.06. The Balaban J connectivity index is 2.30. The van der Waals surface area contributed by atoms with Gasteiger partial charge in [0.2, 0.25) is 5.91 Å².